The number of ether oxygens (including phenoxy) is 1. The first-order valence-electron chi connectivity index (χ1n) is 8.59. The Morgan fingerprint density at radius 3 is 2.58 bits per heavy atom. The van der Waals surface area contributed by atoms with Gasteiger partial charge >= 0.3 is 0 Å². The van der Waals surface area contributed by atoms with Gasteiger partial charge < -0.3 is 14.5 Å². The van der Waals surface area contributed by atoms with Crippen LogP contribution in [0.15, 0.2) is 42.5 Å². The molecular weight excluding hydrogens is 350 g/mol. The quantitative estimate of drug-likeness (QED) is 0.826. The number of nitriles is 1. The molecule has 1 saturated heterocycles. The van der Waals surface area contributed by atoms with Gasteiger partial charge in [-0.1, -0.05) is 23.7 Å². The monoisotopic (exact) mass is 369 g/mol. The van der Waals surface area contributed by atoms with Crippen molar-refractivity contribution in [3.05, 3.63) is 58.6 Å². The second kappa shape index (κ2) is 8.11. The number of amides is 1. The van der Waals surface area contributed by atoms with Crippen LogP contribution in [0, 0.1) is 11.3 Å². The molecule has 1 fully saturated rings. The van der Waals surface area contributed by atoms with Gasteiger partial charge in [-0.3, -0.25) is 4.79 Å². The summed E-state index contributed by atoms with van der Waals surface area (Å²) in [6, 6.07) is 14.9. The molecule has 0 radical (unpaired) electrons. The van der Waals surface area contributed by atoms with Gasteiger partial charge in [0.2, 0.25) is 0 Å². The van der Waals surface area contributed by atoms with Crippen LogP contribution in [0.1, 0.15) is 22.8 Å². The van der Waals surface area contributed by atoms with Crippen molar-refractivity contribution in [2.24, 2.45) is 0 Å². The first-order valence-corrected chi connectivity index (χ1v) is 8.97. The summed E-state index contributed by atoms with van der Waals surface area (Å²) in [6.45, 7) is 5.10. The number of benzene rings is 2. The smallest absolute Gasteiger partial charge is 0.257 e. The Balaban J connectivity index is 1.68. The van der Waals surface area contributed by atoms with E-state index < -0.39 is 0 Å². The van der Waals surface area contributed by atoms with Crippen molar-refractivity contribution in [3.8, 4) is 11.8 Å². The standard InChI is InChI=1S/C20H20ClN3O2/c1-2-26-19-6-4-3-5-17(19)20(25)24-11-9-23(10-12-24)16-8-7-15(14-22)18(21)13-16/h3-8,13H,2,9-12H2,1H3. The van der Waals surface area contributed by atoms with E-state index >= 15 is 0 Å². The Hall–Kier alpha value is -2.71. The predicted octanol–water partition coefficient (Wildman–Crippen LogP) is 3.57. The molecule has 1 amide bonds. The molecular formula is C20H20ClN3O2. The summed E-state index contributed by atoms with van der Waals surface area (Å²) in [7, 11) is 0. The summed E-state index contributed by atoms with van der Waals surface area (Å²) < 4.78 is 5.58. The minimum atomic E-state index is -0.00781. The van der Waals surface area contributed by atoms with Gasteiger partial charge in [-0.25, -0.2) is 0 Å². The number of hydrogen-bond acceptors (Lipinski definition) is 4. The lowest BCUT2D eigenvalue weighted by atomic mass is 10.1. The van der Waals surface area contributed by atoms with Crippen LogP contribution >= 0.6 is 11.6 Å². The fourth-order valence-electron chi connectivity index (χ4n) is 3.05. The maximum absolute atomic E-state index is 12.8. The van der Waals surface area contributed by atoms with Crippen LogP contribution in [0.2, 0.25) is 5.02 Å². The fourth-order valence-corrected chi connectivity index (χ4v) is 3.27. The largest absolute Gasteiger partial charge is 0.493 e. The number of rotatable bonds is 4. The number of hydrogen-bond donors (Lipinski definition) is 0. The van der Waals surface area contributed by atoms with E-state index in [1.54, 1.807) is 12.1 Å². The third kappa shape index (κ3) is 3.76. The predicted molar refractivity (Wildman–Crippen MR) is 102 cm³/mol. The molecule has 1 aliphatic rings. The van der Waals surface area contributed by atoms with E-state index in [0.29, 0.717) is 54.7 Å². The summed E-state index contributed by atoms with van der Waals surface area (Å²) in [5, 5.41) is 9.43. The van der Waals surface area contributed by atoms with E-state index in [9.17, 15) is 4.79 Å². The Labute approximate surface area is 158 Å². The van der Waals surface area contributed by atoms with Gasteiger partial charge in [0.25, 0.3) is 5.91 Å². The molecule has 26 heavy (non-hydrogen) atoms. The Bertz CT molecular complexity index is 839. The highest BCUT2D eigenvalue weighted by Crippen LogP contribution is 2.25. The van der Waals surface area contributed by atoms with Crippen LogP contribution in [-0.4, -0.2) is 43.6 Å². The van der Waals surface area contributed by atoms with Gasteiger partial charge in [0.1, 0.15) is 11.8 Å². The summed E-state index contributed by atoms with van der Waals surface area (Å²) in [5.41, 5.74) is 2.04. The second-order valence-electron chi connectivity index (χ2n) is 5.98. The minimum Gasteiger partial charge on any atom is -0.493 e. The molecule has 0 atom stereocenters. The van der Waals surface area contributed by atoms with Crippen molar-refractivity contribution < 1.29 is 9.53 Å². The van der Waals surface area contributed by atoms with Gasteiger partial charge in [-0.05, 0) is 37.3 Å². The molecule has 1 aliphatic heterocycles. The lowest BCUT2D eigenvalue weighted by molar-refractivity contribution is 0.0742. The average Bonchev–Trinajstić information content (AvgIpc) is 2.68. The minimum absolute atomic E-state index is 0.00781. The van der Waals surface area contributed by atoms with Gasteiger partial charge in [-0.2, -0.15) is 5.26 Å². The maximum Gasteiger partial charge on any atom is 0.257 e. The van der Waals surface area contributed by atoms with E-state index in [2.05, 4.69) is 11.0 Å². The number of piperazine rings is 1. The van der Waals surface area contributed by atoms with Crippen molar-refractivity contribution in [1.29, 1.82) is 5.26 Å². The van der Waals surface area contributed by atoms with Crippen LogP contribution in [0.3, 0.4) is 0 Å². The highest BCUT2D eigenvalue weighted by Gasteiger charge is 2.24. The van der Waals surface area contributed by atoms with Gasteiger partial charge in [0, 0.05) is 31.9 Å². The van der Waals surface area contributed by atoms with Crippen molar-refractivity contribution in [2.75, 3.05) is 37.7 Å². The molecule has 5 nitrogen and oxygen atoms in total. The van der Waals surface area contributed by atoms with Crippen LogP contribution in [0.25, 0.3) is 0 Å². The van der Waals surface area contributed by atoms with E-state index in [-0.39, 0.29) is 5.91 Å². The topological polar surface area (TPSA) is 56.6 Å². The highest BCUT2D eigenvalue weighted by atomic mass is 35.5. The van der Waals surface area contributed by atoms with Crippen LogP contribution in [0.4, 0.5) is 5.69 Å². The zero-order valence-corrected chi connectivity index (χ0v) is 15.4. The van der Waals surface area contributed by atoms with Crippen LogP contribution in [0.5, 0.6) is 5.75 Å². The van der Waals surface area contributed by atoms with Crippen molar-refractivity contribution >= 4 is 23.2 Å². The van der Waals surface area contributed by atoms with Gasteiger partial charge in [0.15, 0.2) is 0 Å². The number of carbonyl (C=O) groups excluding carboxylic acids is 1. The first-order chi connectivity index (χ1) is 12.6. The number of carbonyl (C=O) groups is 1. The van der Waals surface area contributed by atoms with Crippen molar-refractivity contribution in [3.63, 3.8) is 0 Å². The molecule has 0 spiro atoms. The molecule has 0 bridgehead atoms. The molecule has 0 N–H and O–H groups in total. The lowest BCUT2D eigenvalue weighted by Crippen LogP contribution is -2.48. The van der Waals surface area contributed by atoms with Crippen LogP contribution in [-0.2, 0) is 0 Å². The summed E-state index contributed by atoms with van der Waals surface area (Å²) >= 11 is 6.13. The van der Waals surface area contributed by atoms with Gasteiger partial charge in [-0.15, -0.1) is 0 Å². The zero-order valence-electron chi connectivity index (χ0n) is 14.6. The van der Waals surface area contributed by atoms with Gasteiger partial charge in [0.05, 0.1) is 22.8 Å². The molecule has 134 valence electrons. The highest BCUT2D eigenvalue weighted by molar-refractivity contribution is 6.32. The molecule has 3 rings (SSSR count). The molecule has 0 aromatic heterocycles. The third-order valence-electron chi connectivity index (χ3n) is 4.42. The summed E-state index contributed by atoms with van der Waals surface area (Å²) in [5.74, 6) is 0.618. The normalized spacial score (nSPS) is 14.0. The van der Waals surface area contributed by atoms with E-state index in [4.69, 9.17) is 21.6 Å². The second-order valence-corrected chi connectivity index (χ2v) is 6.39. The van der Waals surface area contributed by atoms with E-state index in [0.717, 1.165) is 5.69 Å². The Kier molecular flexibility index (Phi) is 5.65. The van der Waals surface area contributed by atoms with Crippen molar-refractivity contribution in [2.45, 2.75) is 6.92 Å². The maximum atomic E-state index is 12.8. The third-order valence-corrected chi connectivity index (χ3v) is 4.74. The zero-order chi connectivity index (χ0) is 18.5. The molecule has 2 aromatic rings. The number of nitrogens with zero attached hydrogens (tertiary/aromatic N) is 3. The number of halogens is 1. The van der Waals surface area contributed by atoms with Crippen molar-refractivity contribution in [1.82, 2.24) is 4.90 Å². The molecule has 0 unspecified atom stereocenters. The number of para-hydroxylation sites is 1. The number of anilines is 1. The Morgan fingerprint density at radius 1 is 1.19 bits per heavy atom. The fraction of sp³-hybridized carbons (Fsp3) is 0.300. The molecule has 6 heteroatoms. The summed E-state index contributed by atoms with van der Waals surface area (Å²) in [6.07, 6.45) is 0. The summed E-state index contributed by atoms with van der Waals surface area (Å²) in [4.78, 5) is 16.9. The molecule has 0 aliphatic carbocycles. The lowest BCUT2D eigenvalue weighted by Gasteiger charge is -2.36. The molecule has 1 heterocycles. The van der Waals surface area contributed by atoms with Crippen LogP contribution < -0.4 is 9.64 Å². The molecule has 2 aromatic carbocycles. The Morgan fingerprint density at radius 2 is 1.92 bits per heavy atom. The average molecular weight is 370 g/mol. The SMILES string of the molecule is CCOc1ccccc1C(=O)N1CCN(c2ccc(C#N)c(Cl)c2)CC1. The molecule has 0 saturated carbocycles. The van der Waals surface area contributed by atoms with E-state index in [1.807, 2.05) is 42.2 Å². The van der Waals surface area contributed by atoms with E-state index in [1.165, 1.54) is 0 Å². The first kappa shape index (κ1) is 18.1.